The number of nitrogens with zero attached hydrogens (tertiary/aromatic N) is 5. The van der Waals surface area contributed by atoms with Crippen LogP contribution in [-0.2, 0) is 16.1 Å². The molecule has 2 aliphatic heterocycles. The number of anilines is 1. The molecular formula is C31H37ClFN5O3S. The van der Waals surface area contributed by atoms with E-state index in [2.05, 4.69) is 27.4 Å². The first-order valence-electron chi connectivity index (χ1n) is 14.1. The van der Waals surface area contributed by atoms with Gasteiger partial charge in [0.2, 0.25) is 5.91 Å². The van der Waals surface area contributed by atoms with Gasteiger partial charge in [0, 0.05) is 53.3 Å². The molecule has 42 heavy (non-hydrogen) atoms. The van der Waals surface area contributed by atoms with Crippen molar-refractivity contribution in [3.63, 3.8) is 0 Å². The number of amides is 1. The molecule has 1 fully saturated rings. The summed E-state index contributed by atoms with van der Waals surface area (Å²) in [6.07, 6.45) is 1.15. The van der Waals surface area contributed by atoms with Gasteiger partial charge in [0.1, 0.15) is 11.6 Å². The zero-order valence-electron chi connectivity index (χ0n) is 24.7. The van der Waals surface area contributed by atoms with Crippen molar-refractivity contribution in [1.82, 2.24) is 19.4 Å². The fourth-order valence-corrected chi connectivity index (χ4v) is 7.57. The van der Waals surface area contributed by atoms with E-state index >= 15 is 0 Å². The first kappa shape index (κ1) is 30.5. The average molecular weight is 614 g/mol. The van der Waals surface area contributed by atoms with Crippen molar-refractivity contribution >= 4 is 46.0 Å². The van der Waals surface area contributed by atoms with Crippen LogP contribution in [0.1, 0.15) is 19.4 Å². The summed E-state index contributed by atoms with van der Waals surface area (Å²) in [5, 5.41) is 0.911. The minimum atomic E-state index is -0.479. The maximum absolute atomic E-state index is 14.1. The van der Waals surface area contributed by atoms with E-state index in [0.717, 1.165) is 39.0 Å². The molecule has 2 aromatic carbocycles. The monoisotopic (exact) mass is 613 g/mol. The highest BCUT2D eigenvalue weighted by molar-refractivity contribution is 7.99. The number of carbonyl (C=O) groups excluding carboxylic acids is 1. The van der Waals surface area contributed by atoms with E-state index in [1.54, 1.807) is 28.5 Å². The lowest BCUT2D eigenvalue weighted by atomic mass is 9.97. The van der Waals surface area contributed by atoms with Gasteiger partial charge in [0.25, 0.3) is 0 Å². The summed E-state index contributed by atoms with van der Waals surface area (Å²) >= 11 is 7.87. The predicted octanol–water partition coefficient (Wildman–Crippen LogP) is 4.83. The molecule has 1 saturated heterocycles. The van der Waals surface area contributed by atoms with Gasteiger partial charge >= 0.3 is 5.69 Å². The van der Waals surface area contributed by atoms with Crippen LogP contribution >= 0.6 is 23.4 Å². The summed E-state index contributed by atoms with van der Waals surface area (Å²) < 4.78 is 22.1. The second-order valence-corrected chi connectivity index (χ2v) is 12.8. The van der Waals surface area contributed by atoms with E-state index in [1.165, 1.54) is 12.1 Å². The molecule has 3 aromatic rings. The molecular weight excluding hydrogens is 577 g/mol. The standard InChI is InChI=1S/C31H37ClFN5O3S/c1-7-26(39)38-19(3)14-36(15-20(38)4)30-23-12-18(2)27(21-8-9-25(33)24(32)13-21)29-28(23)37(31(40)34-30)16-22(17-42-29)41-11-10-35(5)6/h7-9,12-13,19-20,22H,1,10-11,14-17H2,2-6H3/t19-,20+,22?. The molecule has 0 aliphatic carbocycles. The summed E-state index contributed by atoms with van der Waals surface area (Å²) in [5.74, 6) is 0.663. The van der Waals surface area contributed by atoms with Crippen molar-refractivity contribution < 1.29 is 13.9 Å². The maximum atomic E-state index is 14.1. The summed E-state index contributed by atoms with van der Waals surface area (Å²) in [4.78, 5) is 37.9. The fourth-order valence-electron chi connectivity index (χ4n) is 6.05. The van der Waals surface area contributed by atoms with Crippen LogP contribution in [0, 0.1) is 12.7 Å². The number of benzene rings is 2. The molecule has 0 saturated carbocycles. The van der Waals surface area contributed by atoms with Crippen LogP contribution in [0.4, 0.5) is 10.2 Å². The molecule has 1 aromatic heterocycles. The molecule has 3 heterocycles. The Hall–Kier alpha value is -2.92. The Morgan fingerprint density at radius 3 is 2.60 bits per heavy atom. The number of rotatable bonds is 7. The number of carbonyl (C=O) groups is 1. The normalized spacial score (nSPS) is 20.7. The van der Waals surface area contributed by atoms with E-state index in [0.29, 0.717) is 37.8 Å². The second-order valence-electron chi connectivity index (χ2n) is 11.4. The Labute approximate surface area is 255 Å². The quantitative estimate of drug-likeness (QED) is 0.354. The van der Waals surface area contributed by atoms with Crippen LogP contribution in [-0.4, -0.2) is 89.5 Å². The van der Waals surface area contributed by atoms with Crippen molar-refractivity contribution in [3.05, 3.63) is 63.8 Å². The highest BCUT2D eigenvalue weighted by Crippen LogP contribution is 2.44. The third-order valence-electron chi connectivity index (χ3n) is 7.94. The molecule has 1 unspecified atom stereocenters. The number of halogens is 2. The lowest BCUT2D eigenvalue weighted by molar-refractivity contribution is -0.130. The van der Waals surface area contributed by atoms with E-state index in [1.807, 2.05) is 39.8 Å². The average Bonchev–Trinajstić information content (AvgIpc) is 3.12. The minimum Gasteiger partial charge on any atom is -0.374 e. The number of likely N-dealkylation sites (N-methyl/N-ethyl adjacent to an activating group) is 1. The highest BCUT2D eigenvalue weighted by Gasteiger charge is 2.34. The molecule has 0 bridgehead atoms. The Bertz CT molecular complexity index is 1580. The highest BCUT2D eigenvalue weighted by atomic mass is 35.5. The number of aryl methyl sites for hydroxylation is 1. The van der Waals surface area contributed by atoms with Gasteiger partial charge in [0.15, 0.2) is 0 Å². The fraction of sp³-hybridized carbons (Fsp3) is 0.452. The smallest absolute Gasteiger partial charge is 0.350 e. The Balaban J connectivity index is 1.67. The lowest BCUT2D eigenvalue weighted by Gasteiger charge is -2.44. The maximum Gasteiger partial charge on any atom is 0.350 e. The molecule has 8 nitrogen and oxygen atoms in total. The molecule has 0 spiro atoms. The number of piperazine rings is 1. The van der Waals surface area contributed by atoms with Gasteiger partial charge in [-0.2, -0.15) is 4.98 Å². The van der Waals surface area contributed by atoms with Crippen molar-refractivity contribution in [2.75, 3.05) is 51.0 Å². The zero-order chi connectivity index (χ0) is 30.3. The van der Waals surface area contributed by atoms with Gasteiger partial charge in [-0.15, -0.1) is 11.8 Å². The number of thioether (sulfide) groups is 1. The van der Waals surface area contributed by atoms with Gasteiger partial charge in [-0.05, 0) is 70.3 Å². The summed E-state index contributed by atoms with van der Waals surface area (Å²) in [6, 6.07) is 6.61. The largest absolute Gasteiger partial charge is 0.374 e. The molecule has 3 atom stereocenters. The van der Waals surface area contributed by atoms with Gasteiger partial charge in [0.05, 0.1) is 29.8 Å². The second kappa shape index (κ2) is 12.4. The van der Waals surface area contributed by atoms with Crippen LogP contribution in [0.2, 0.25) is 5.02 Å². The molecule has 0 N–H and O–H groups in total. The summed E-state index contributed by atoms with van der Waals surface area (Å²) in [7, 11) is 3.99. The van der Waals surface area contributed by atoms with E-state index in [9.17, 15) is 14.0 Å². The van der Waals surface area contributed by atoms with Crippen molar-refractivity contribution in [1.29, 1.82) is 0 Å². The van der Waals surface area contributed by atoms with E-state index in [4.69, 9.17) is 16.3 Å². The number of ether oxygens (including phenoxy) is 1. The Morgan fingerprint density at radius 2 is 1.95 bits per heavy atom. The first-order valence-corrected chi connectivity index (χ1v) is 15.5. The Kier molecular flexibility index (Phi) is 8.99. The topological polar surface area (TPSA) is 70.9 Å². The third kappa shape index (κ3) is 5.82. The number of hydrogen-bond acceptors (Lipinski definition) is 7. The summed E-state index contributed by atoms with van der Waals surface area (Å²) in [6.45, 7) is 12.4. The van der Waals surface area contributed by atoms with Crippen molar-refractivity contribution in [3.8, 4) is 11.1 Å². The lowest BCUT2D eigenvalue weighted by Crippen LogP contribution is -2.58. The van der Waals surface area contributed by atoms with Crippen molar-refractivity contribution in [2.24, 2.45) is 0 Å². The van der Waals surface area contributed by atoms with Crippen LogP contribution in [0.5, 0.6) is 0 Å². The minimum absolute atomic E-state index is 0.0467. The van der Waals surface area contributed by atoms with Crippen LogP contribution in [0.3, 0.4) is 0 Å². The van der Waals surface area contributed by atoms with Gasteiger partial charge < -0.3 is 19.4 Å². The number of hydrogen-bond donors (Lipinski definition) is 0. The van der Waals surface area contributed by atoms with Gasteiger partial charge in [-0.25, -0.2) is 9.18 Å². The Morgan fingerprint density at radius 1 is 1.24 bits per heavy atom. The van der Waals surface area contributed by atoms with E-state index in [-0.39, 0.29) is 34.8 Å². The SMILES string of the molecule is C=CC(=O)N1[C@H](C)CN(c2nc(=O)n3c4c(c(-c5ccc(F)c(Cl)c5)c(C)cc24)SCC(OCCN(C)C)C3)C[C@@H]1C. The zero-order valence-corrected chi connectivity index (χ0v) is 26.3. The molecule has 1 amide bonds. The summed E-state index contributed by atoms with van der Waals surface area (Å²) in [5.41, 5.74) is 3.11. The van der Waals surface area contributed by atoms with Crippen LogP contribution in [0.25, 0.3) is 22.0 Å². The van der Waals surface area contributed by atoms with Crippen LogP contribution in [0.15, 0.2) is 46.6 Å². The first-order chi connectivity index (χ1) is 20.0. The molecule has 11 heteroatoms. The van der Waals surface area contributed by atoms with Gasteiger partial charge in [-0.1, -0.05) is 24.2 Å². The number of aromatic nitrogens is 2. The van der Waals surface area contributed by atoms with E-state index < -0.39 is 5.82 Å². The third-order valence-corrected chi connectivity index (χ3v) is 9.46. The predicted molar refractivity (Wildman–Crippen MR) is 168 cm³/mol. The molecule has 224 valence electrons. The molecule has 0 radical (unpaired) electrons. The van der Waals surface area contributed by atoms with Gasteiger partial charge in [-0.3, -0.25) is 9.36 Å². The molecule has 5 rings (SSSR count). The van der Waals surface area contributed by atoms with Crippen LogP contribution < -0.4 is 10.6 Å². The molecule has 2 aliphatic rings. The van der Waals surface area contributed by atoms with Crippen molar-refractivity contribution in [2.45, 2.75) is 50.4 Å².